The summed E-state index contributed by atoms with van der Waals surface area (Å²) in [5.74, 6) is 0.359. The fraction of sp³-hybridized carbons (Fsp3) is 0.312. The molecule has 0 aliphatic rings. The molecule has 0 saturated carbocycles. The molecule has 0 spiro atoms. The van der Waals surface area contributed by atoms with Gasteiger partial charge in [-0.25, -0.2) is 9.97 Å². The first-order valence-corrected chi connectivity index (χ1v) is 7.48. The average molecular weight is 319 g/mol. The Labute approximate surface area is 134 Å². The third kappa shape index (κ3) is 4.02. The molecule has 2 aromatic rings. The molecule has 6 heteroatoms. The number of nitrogens with one attached hydrogen (secondary N) is 1. The molecule has 1 aromatic carbocycles. The largest absolute Gasteiger partial charge is 0.349 e. The van der Waals surface area contributed by atoms with Crippen LogP contribution in [0.15, 0.2) is 36.5 Å². The van der Waals surface area contributed by atoms with Gasteiger partial charge in [-0.1, -0.05) is 55.8 Å². The fourth-order valence-electron chi connectivity index (χ4n) is 1.92. The number of nitrogens with two attached hydrogens (primary N) is 1. The maximum atomic E-state index is 12.2. The van der Waals surface area contributed by atoms with Crippen molar-refractivity contribution in [3.63, 3.8) is 0 Å². The van der Waals surface area contributed by atoms with E-state index >= 15 is 0 Å². The predicted octanol–water partition coefficient (Wildman–Crippen LogP) is 2.68. The molecular formula is C16H19ClN4O. The van der Waals surface area contributed by atoms with Crippen LogP contribution in [-0.2, 0) is 0 Å². The number of amides is 1. The normalized spacial score (nSPS) is 12.2. The average Bonchev–Trinajstić information content (AvgIpc) is 2.53. The first kappa shape index (κ1) is 16.4. The van der Waals surface area contributed by atoms with Gasteiger partial charge in [0.1, 0.15) is 11.5 Å². The summed E-state index contributed by atoms with van der Waals surface area (Å²) in [5, 5.41) is 3.00. The van der Waals surface area contributed by atoms with E-state index in [1.165, 1.54) is 6.20 Å². The number of hydrogen-bond donors (Lipinski definition) is 2. The van der Waals surface area contributed by atoms with Gasteiger partial charge in [-0.15, -0.1) is 0 Å². The van der Waals surface area contributed by atoms with Crippen molar-refractivity contribution in [1.82, 2.24) is 15.3 Å². The summed E-state index contributed by atoms with van der Waals surface area (Å²) in [6, 6.07) is 9.30. The Kier molecular flexibility index (Phi) is 5.46. The maximum absolute atomic E-state index is 12.2. The lowest BCUT2D eigenvalue weighted by atomic mass is 10.1. The molecular weight excluding hydrogens is 300 g/mol. The molecule has 1 unspecified atom stereocenters. The third-order valence-corrected chi connectivity index (χ3v) is 3.48. The first-order chi connectivity index (χ1) is 10.5. The highest BCUT2D eigenvalue weighted by Crippen LogP contribution is 2.16. The van der Waals surface area contributed by atoms with Crippen LogP contribution in [0.1, 0.15) is 47.7 Å². The quantitative estimate of drug-likeness (QED) is 0.888. The summed E-state index contributed by atoms with van der Waals surface area (Å²) in [7, 11) is 0. The summed E-state index contributed by atoms with van der Waals surface area (Å²) in [6.45, 7) is 4.21. The molecule has 0 radical (unpaired) electrons. The van der Waals surface area contributed by atoms with Gasteiger partial charge in [0.25, 0.3) is 5.91 Å². The zero-order valence-electron chi connectivity index (χ0n) is 12.6. The lowest BCUT2D eigenvalue weighted by molar-refractivity contribution is 0.0946. The molecule has 3 N–H and O–H groups in total. The zero-order chi connectivity index (χ0) is 16.1. The number of rotatable bonds is 5. The van der Waals surface area contributed by atoms with Gasteiger partial charge in [-0.3, -0.25) is 4.79 Å². The van der Waals surface area contributed by atoms with Gasteiger partial charge in [0.2, 0.25) is 0 Å². The van der Waals surface area contributed by atoms with Crippen molar-refractivity contribution in [2.24, 2.45) is 5.73 Å². The second-order valence-electron chi connectivity index (χ2n) is 5.31. The highest BCUT2D eigenvalue weighted by Gasteiger charge is 2.16. The van der Waals surface area contributed by atoms with Gasteiger partial charge in [0.05, 0.1) is 11.2 Å². The van der Waals surface area contributed by atoms with E-state index in [1.54, 1.807) is 0 Å². The first-order valence-electron chi connectivity index (χ1n) is 7.10. The van der Waals surface area contributed by atoms with Gasteiger partial charge in [-0.05, 0) is 5.56 Å². The zero-order valence-corrected chi connectivity index (χ0v) is 13.3. The van der Waals surface area contributed by atoms with Gasteiger partial charge in [-0.2, -0.15) is 0 Å². The van der Waals surface area contributed by atoms with Crippen molar-refractivity contribution in [2.45, 2.75) is 25.8 Å². The SMILES string of the molecule is CC(C)c1ncc(Cl)c(C(=O)NCC(N)c2ccccc2)n1. The molecule has 1 aromatic heterocycles. The molecule has 2 rings (SSSR count). The van der Waals surface area contributed by atoms with Crippen LogP contribution in [0.3, 0.4) is 0 Å². The number of benzene rings is 1. The van der Waals surface area contributed by atoms with Crippen LogP contribution in [-0.4, -0.2) is 22.4 Å². The van der Waals surface area contributed by atoms with Crippen LogP contribution in [0.25, 0.3) is 0 Å². The van der Waals surface area contributed by atoms with Crippen LogP contribution >= 0.6 is 11.6 Å². The Morgan fingerprint density at radius 1 is 1.32 bits per heavy atom. The number of carbonyl (C=O) groups excluding carboxylic acids is 1. The van der Waals surface area contributed by atoms with Crippen molar-refractivity contribution in [3.8, 4) is 0 Å². The Morgan fingerprint density at radius 3 is 2.64 bits per heavy atom. The maximum Gasteiger partial charge on any atom is 0.271 e. The number of hydrogen-bond acceptors (Lipinski definition) is 4. The van der Waals surface area contributed by atoms with Crippen LogP contribution in [0.2, 0.25) is 5.02 Å². The van der Waals surface area contributed by atoms with E-state index in [2.05, 4.69) is 15.3 Å². The smallest absolute Gasteiger partial charge is 0.271 e. The summed E-state index contributed by atoms with van der Waals surface area (Å²) >= 11 is 6.01. The van der Waals surface area contributed by atoms with E-state index in [1.807, 2.05) is 44.2 Å². The Morgan fingerprint density at radius 2 is 2.00 bits per heavy atom. The minimum absolute atomic E-state index is 0.121. The standard InChI is InChI=1S/C16H19ClN4O/c1-10(2)15-19-8-12(17)14(21-15)16(22)20-9-13(18)11-6-4-3-5-7-11/h3-8,10,13H,9,18H2,1-2H3,(H,20,22). The summed E-state index contributed by atoms with van der Waals surface area (Å²) < 4.78 is 0. The van der Waals surface area contributed by atoms with Crippen molar-refractivity contribution in [3.05, 3.63) is 58.6 Å². The van der Waals surface area contributed by atoms with Gasteiger partial charge in [0, 0.05) is 18.5 Å². The Hall–Kier alpha value is -1.98. The molecule has 0 bridgehead atoms. The van der Waals surface area contributed by atoms with E-state index in [-0.39, 0.29) is 28.6 Å². The van der Waals surface area contributed by atoms with E-state index < -0.39 is 0 Å². The lowest BCUT2D eigenvalue weighted by Gasteiger charge is -2.14. The monoisotopic (exact) mass is 318 g/mol. The minimum Gasteiger partial charge on any atom is -0.349 e. The summed E-state index contributed by atoms with van der Waals surface area (Å²) in [4.78, 5) is 20.6. The van der Waals surface area contributed by atoms with Crippen molar-refractivity contribution >= 4 is 17.5 Å². The van der Waals surface area contributed by atoms with E-state index in [4.69, 9.17) is 17.3 Å². The Balaban J connectivity index is 2.05. The van der Waals surface area contributed by atoms with Gasteiger partial charge >= 0.3 is 0 Å². The van der Waals surface area contributed by atoms with E-state index in [9.17, 15) is 4.79 Å². The number of carbonyl (C=O) groups is 1. The lowest BCUT2D eigenvalue weighted by Crippen LogP contribution is -2.32. The Bertz CT molecular complexity index is 646. The van der Waals surface area contributed by atoms with Crippen LogP contribution in [0.4, 0.5) is 0 Å². The second-order valence-corrected chi connectivity index (χ2v) is 5.71. The number of nitrogens with zero attached hydrogens (tertiary/aromatic N) is 2. The molecule has 5 nitrogen and oxygen atoms in total. The highest BCUT2D eigenvalue weighted by atomic mass is 35.5. The summed E-state index contributed by atoms with van der Waals surface area (Å²) in [5.41, 5.74) is 7.20. The van der Waals surface area contributed by atoms with Crippen molar-refractivity contribution < 1.29 is 4.79 Å². The second kappa shape index (κ2) is 7.33. The van der Waals surface area contributed by atoms with Crippen molar-refractivity contribution in [2.75, 3.05) is 6.54 Å². The van der Waals surface area contributed by atoms with E-state index in [0.29, 0.717) is 12.4 Å². The summed E-state index contributed by atoms with van der Waals surface area (Å²) in [6.07, 6.45) is 1.45. The topological polar surface area (TPSA) is 80.9 Å². The highest BCUT2D eigenvalue weighted by molar-refractivity contribution is 6.33. The molecule has 0 aliphatic carbocycles. The molecule has 1 amide bonds. The third-order valence-electron chi connectivity index (χ3n) is 3.20. The molecule has 0 saturated heterocycles. The molecule has 0 fully saturated rings. The molecule has 0 aliphatic heterocycles. The minimum atomic E-state index is -0.347. The molecule has 1 heterocycles. The fourth-order valence-corrected chi connectivity index (χ4v) is 2.10. The van der Waals surface area contributed by atoms with Gasteiger partial charge in [0.15, 0.2) is 0 Å². The van der Waals surface area contributed by atoms with E-state index in [0.717, 1.165) is 5.56 Å². The van der Waals surface area contributed by atoms with Gasteiger partial charge < -0.3 is 11.1 Å². The molecule has 22 heavy (non-hydrogen) atoms. The molecule has 116 valence electrons. The number of halogens is 1. The predicted molar refractivity (Wildman–Crippen MR) is 86.8 cm³/mol. The molecule has 1 atom stereocenters. The van der Waals surface area contributed by atoms with Crippen LogP contribution in [0.5, 0.6) is 0 Å². The van der Waals surface area contributed by atoms with Crippen LogP contribution < -0.4 is 11.1 Å². The number of aromatic nitrogens is 2. The van der Waals surface area contributed by atoms with Crippen LogP contribution in [0, 0.1) is 0 Å². The van der Waals surface area contributed by atoms with Crippen molar-refractivity contribution in [1.29, 1.82) is 0 Å².